The standard InChI is InChI=1S/C20H18BrN5OS/c1-14-22-23-18(27-14)13-28-20-25-24-19(16-7-9-17(21)10-8-16)26(20)12-11-15-5-3-2-4-6-15/h2-10H,11-13H2,1H3. The fraction of sp³-hybridized carbons (Fsp3) is 0.200. The van der Waals surface area contributed by atoms with E-state index in [0.29, 0.717) is 17.5 Å². The Bertz CT molecular complexity index is 1050. The van der Waals surface area contributed by atoms with Crippen LogP contribution in [0.5, 0.6) is 0 Å². The van der Waals surface area contributed by atoms with E-state index in [1.54, 1.807) is 18.7 Å². The van der Waals surface area contributed by atoms with Crippen LogP contribution in [0.2, 0.25) is 0 Å². The molecule has 0 aliphatic rings. The van der Waals surface area contributed by atoms with E-state index in [1.807, 2.05) is 30.3 Å². The highest BCUT2D eigenvalue weighted by Crippen LogP contribution is 2.27. The zero-order valence-corrected chi connectivity index (χ0v) is 17.7. The van der Waals surface area contributed by atoms with E-state index in [4.69, 9.17) is 4.42 Å². The molecule has 0 radical (unpaired) electrons. The maximum atomic E-state index is 5.47. The van der Waals surface area contributed by atoms with Crippen LogP contribution in [0.15, 0.2) is 68.6 Å². The molecule has 0 saturated heterocycles. The molecule has 0 aliphatic heterocycles. The van der Waals surface area contributed by atoms with Crippen molar-refractivity contribution in [2.24, 2.45) is 0 Å². The van der Waals surface area contributed by atoms with Gasteiger partial charge in [-0.3, -0.25) is 0 Å². The van der Waals surface area contributed by atoms with Gasteiger partial charge in [0.1, 0.15) is 0 Å². The van der Waals surface area contributed by atoms with Gasteiger partial charge < -0.3 is 8.98 Å². The second kappa shape index (κ2) is 8.70. The predicted octanol–water partition coefficient (Wildman–Crippen LogP) is 4.93. The first kappa shape index (κ1) is 18.9. The minimum absolute atomic E-state index is 0.560. The number of halogens is 1. The normalized spacial score (nSPS) is 11.1. The maximum Gasteiger partial charge on any atom is 0.226 e. The van der Waals surface area contributed by atoms with Gasteiger partial charge in [0.15, 0.2) is 11.0 Å². The lowest BCUT2D eigenvalue weighted by Gasteiger charge is -2.10. The number of hydrogen-bond donors (Lipinski definition) is 0. The summed E-state index contributed by atoms with van der Waals surface area (Å²) < 4.78 is 8.67. The molecule has 4 rings (SSSR count). The zero-order valence-electron chi connectivity index (χ0n) is 15.2. The van der Waals surface area contributed by atoms with E-state index in [1.165, 1.54) is 5.56 Å². The van der Waals surface area contributed by atoms with Crippen LogP contribution in [0.4, 0.5) is 0 Å². The zero-order chi connectivity index (χ0) is 19.3. The van der Waals surface area contributed by atoms with Gasteiger partial charge in [0, 0.05) is 23.5 Å². The minimum atomic E-state index is 0.560. The van der Waals surface area contributed by atoms with Crippen molar-refractivity contribution in [3.63, 3.8) is 0 Å². The molecule has 0 bridgehead atoms. The van der Waals surface area contributed by atoms with Crippen molar-refractivity contribution in [3.05, 3.63) is 76.4 Å². The summed E-state index contributed by atoms with van der Waals surface area (Å²) in [5.74, 6) is 2.57. The van der Waals surface area contributed by atoms with Gasteiger partial charge in [0.25, 0.3) is 0 Å². The first-order valence-electron chi connectivity index (χ1n) is 8.84. The van der Waals surface area contributed by atoms with Gasteiger partial charge in [-0.05, 0) is 24.1 Å². The molecule has 2 aromatic heterocycles. The summed E-state index contributed by atoms with van der Waals surface area (Å²) in [6.45, 7) is 2.57. The number of benzene rings is 2. The third kappa shape index (κ3) is 4.51. The fourth-order valence-electron chi connectivity index (χ4n) is 2.82. The molecule has 0 unspecified atom stereocenters. The molecule has 0 amide bonds. The van der Waals surface area contributed by atoms with Crippen LogP contribution >= 0.6 is 27.7 Å². The van der Waals surface area contributed by atoms with Crippen LogP contribution in [0.25, 0.3) is 11.4 Å². The van der Waals surface area contributed by atoms with Crippen LogP contribution in [0.1, 0.15) is 17.3 Å². The molecule has 142 valence electrons. The molecule has 2 aromatic carbocycles. The van der Waals surface area contributed by atoms with Crippen LogP contribution in [0, 0.1) is 6.92 Å². The van der Waals surface area contributed by atoms with Crippen molar-refractivity contribution < 1.29 is 4.42 Å². The SMILES string of the molecule is Cc1nnc(CSc2nnc(-c3ccc(Br)cc3)n2CCc2ccccc2)o1. The summed E-state index contributed by atoms with van der Waals surface area (Å²) in [5.41, 5.74) is 2.31. The third-order valence-electron chi connectivity index (χ3n) is 4.18. The number of hydrogen-bond acceptors (Lipinski definition) is 6. The van der Waals surface area contributed by atoms with Gasteiger partial charge >= 0.3 is 0 Å². The monoisotopic (exact) mass is 455 g/mol. The Kier molecular flexibility index (Phi) is 5.87. The van der Waals surface area contributed by atoms with Crippen LogP contribution in [-0.2, 0) is 18.7 Å². The van der Waals surface area contributed by atoms with Gasteiger partial charge in [0.2, 0.25) is 11.8 Å². The molecule has 2 heterocycles. The van der Waals surface area contributed by atoms with Crippen molar-refractivity contribution in [1.29, 1.82) is 0 Å². The van der Waals surface area contributed by atoms with Crippen molar-refractivity contribution in [3.8, 4) is 11.4 Å². The van der Waals surface area contributed by atoms with Gasteiger partial charge in [-0.1, -0.05) is 70.2 Å². The Morgan fingerprint density at radius 1 is 0.964 bits per heavy atom. The topological polar surface area (TPSA) is 69.6 Å². The number of aromatic nitrogens is 5. The Morgan fingerprint density at radius 3 is 2.46 bits per heavy atom. The average Bonchev–Trinajstić information content (AvgIpc) is 3.32. The van der Waals surface area contributed by atoms with E-state index >= 15 is 0 Å². The smallest absolute Gasteiger partial charge is 0.226 e. The van der Waals surface area contributed by atoms with Crippen molar-refractivity contribution >= 4 is 27.7 Å². The molecule has 0 atom stereocenters. The maximum absolute atomic E-state index is 5.47. The Labute approximate surface area is 175 Å². The molecule has 0 aliphatic carbocycles. The van der Waals surface area contributed by atoms with E-state index in [-0.39, 0.29) is 0 Å². The average molecular weight is 456 g/mol. The lowest BCUT2D eigenvalue weighted by Crippen LogP contribution is -2.05. The second-order valence-electron chi connectivity index (χ2n) is 6.20. The van der Waals surface area contributed by atoms with Gasteiger partial charge in [0.05, 0.1) is 5.75 Å². The van der Waals surface area contributed by atoms with E-state index in [0.717, 1.165) is 34.0 Å². The summed E-state index contributed by atoms with van der Waals surface area (Å²) in [5, 5.41) is 17.7. The van der Waals surface area contributed by atoms with E-state index < -0.39 is 0 Å². The molecule has 28 heavy (non-hydrogen) atoms. The second-order valence-corrected chi connectivity index (χ2v) is 8.06. The van der Waals surface area contributed by atoms with Gasteiger partial charge in [-0.25, -0.2) is 0 Å². The molecule has 0 fully saturated rings. The molecule has 4 aromatic rings. The first-order valence-corrected chi connectivity index (χ1v) is 10.6. The highest BCUT2D eigenvalue weighted by Gasteiger charge is 2.16. The molecule has 0 saturated carbocycles. The highest BCUT2D eigenvalue weighted by molar-refractivity contribution is 9.10. The number of aryl methyl sites for hydroxylation is 2. The van der Waals surface area contributed by atoms with E-state index in [2.05, 4.69) is 65.2 Å². The minimum Gasteiger partial charge on any atom is -0.425 e. The number of rotatable bonds is 7. The largest absolute Gasteiger partial charge is 0.425 e. The first-order chi connectivity index (χ1) is 13.7. The van der Waals surface area contributed by atoms with E-state index in [9.17, 15) is 0 Å². The lowest BCUT2D eigenvalue weighted by atomic mass is 10.1. The van der Waals surface area contributed by atoms with Gasteiger partial charge in [-0.15, -0.1) is 20.4 Å². The lowest BCUT2D eigenvalue weighted by molar-refractivity contribution is 0.485. The number of nitrogens with zero attached hydrogens (tertiary/aromatic N) is 5. The third-order valence-corrected chi connectivity index (χ3v) is 5.66. The Hall–Kier alpha value is -2.45. The highest BCUT2D eigenvalue weighted by atomic mass is 79.9. The summed E-state index contributed by atoms with van der Waals surface area (Å²) in [6, 6.07) is 18.5. The van der Waals surface area contributed by atoms with Crippen LogP contribution < -0.4 is 0 Å². The Morgan fingerprint density at radius 2 is 1.75 bits per heavy atom. The summed E-state index contributed by atoms with van der Waals surface area (Å²) >= 11 is 5.04. The predicted molar refractivity (Wildman–Crippen MR) is 112 cm³/mol. The molecular weight excluding hydrogens is 438 g/mol. The molecule has 0 N–H and O–H groups in total. The summed E-state index contributed by atoms with van der Waals surface area (Å²) in [6.07, 6.45) is 0.898. The molecular formula is C20H18BrN5OS. The Balaban J connectivity index is 1.59. The van der Waals surface area contributed by atoms with Crippen LogP contribution in [-0.4, -0.2) is 25.0 Å². The quantitative estimate of drug-likeness (QED) is 0.367. The van der Waals surface area contributed by atoms with Crippen molar-refractivity contribution in [1.82, 2.24) is 25.0 Å². The summed E-state index contributed by atoms with van der Waals surface area (Å²) in [7, 11) is 0. The molecule has 0 spiro atoms. The summed E-state index contributed by atoms with van der Waals surface area (Å²) in [4.78, 5) is 0. The molecule has 8 heteroatoms. The van der Waals surface area contributed by atoms with Crippen molar-refractivity contribution in [2.45, 2.75) is 30.8 Å². The van der Waals surface area contributed by atoms with Crippen molar-refractivity contribution in [2.75, 3.05) is 0 Å². The number of thioether (sulfide) groups is 1. The van der Waals surface area contributed by atoms with Gasteiger partial charge in [-0.2, -0.15) is 0 Å². The fourth-order valence-corrected chi connectivity index (χ4v) is 3.88. The van der Waals surface area contributed by atoms with Crippen LogP contribution in [0.3, 0.4) is 0 Å². The molecule has 6 nitrogen and oxygen atoms in total.